The molecule has 0 amide bonds. The Labute approximate surface area is 116 Å². The summed E-state index contributed by atoms with van der Waals surface area (Å²) in [5.41, 5.74) is 2.71. The Morgan fingerprint density at radius 3 is 2.89 bits per heavy atom. The number of hydrogen-bond acceptors (Lipinski definition) is 2. The Morgan fingerprint density at radius 2 is 2.16 bits per heavy atom. The van der Waals surface area contributed by atoms with Gasteiger partial charge < -0.3 is 5.11 Å². The minimum Gasteiger partial charge on any atom is -0.392 e. The van der Waals surface area contributed by atoms with Gasteiger partial charge in [-0.15, -0.1) is 0 Å². The number of aliphatic hydroxyl groups is 1. The first-order chi connectivity index (χ1) is 9.27. The van der Waals surface area contributed by atoms with Crippen LogP contribution in [0, 0.1) is 5.41 Å². The summed E-state index contributed by atoms with van der Waals surface area (Å²) in [6.45, 7) is 2.25. The topological polar surface area (TPSA) is 33.1 Å². The van der Waals surface area contributed by atoms with Crippen molar-refractivity contribution in [3.05, 3.63) is 29.6 Å². The third kappa shape index (κ3) is 2.20. The van der Waals surface area contributed by atoms with Gasteiger partial charge in [0.05, 0.1) is 6.10 Å². The maximum atomic E-state index is 11.0. The van der Waals surface area contributed by atoms with Gasteiger partial charge in [-0.2, -0.15) is 0 Å². The quantitative estimate of drug-likeness (QED) is 0.895. The predicted molar refractivity (Wildman–Crippen MR) is 77.1 cm³/mol. The highest BCUT2D eigenvalue weighted by atomic mass is 16.3. The van der Waals surface area contributed by atoms with Gasteiger partial charge in [0.1, 0.15) is 0 Å². The van der Waals surface area contributed by atoms with Crippen LogP contribution in [0.4, 0.5) is 0 Å². The van der Waals surface area contributed by atoms with Gasteiger partial charge in [0.15, 0.2) is 0 Å². The lowest BCUT2D eigenvalue weighted by Gasteiger charge is -2.40. The third-order valence-electron chi connectivity index (χ3n) is 5.55. The average molecular weight is 259 g/mol. The molecule has 1 N–H and O–H groups in total. The second kappa shape index (κ2) is 5.24. The van der Waals surface area contributed by atoms with Gasteiger partial charge in [-0.3, -0.25) is 4.98 Å². The predicted octanol–water partition coefficient (Wildman–Crippen LogP) is 3.83. The molecule has 2 heteroatoms. The molecule has 2 unspecified atom stereocenters. The number of hydrogen-bond donors (Lipinski definition) is 1. The van der Waals surface area contributed by atoms with E-state index in [9.17, 15) is 5.11 Å². The average Bonchev–Trinajstić information content (AvgIpc) is 2.96. The molecule has 2 nitrogen and oxygen atoms in total. The minimum absolute atomic E-state index is 0.163. The lowest BCUT2D eigenvalue weighted by molar-refractivity contribution is -0.00108. The number of rotatable bonds is 3. The molecule has 0 spiro atoms. The molecule has 2 atom stereocenters. The molecule has 0 aliphatic heterocycles. The molecular formula is C17H25NO. The molecule has 104 valence electrons. The van der Waals surface area contributed by atoms with Crippen molar-refractivity contribution < 1.29 is 5.11 Å². The number of pyridine rings is 1. The molecule has 1 saturated carbocycles. The molecule has 2 aliphatic carbocycles. The summed E-state index contributed by atoms with van der Waals surface area (Å²) < 4.78 is 0. The van der Waals surface area contributed by atoms with Crippen molar-refractivity contribution in [1.82, 2.24) is 4.98 Å². The largest absolute Gasteiger partial charge is 0.392 e. The van der Waals surface area contributed by atoms with E-state index in [-0.39, 0.29) is 17.4 Å². The Balaban J connectivity index is 1.90. The van der Waals surface area contributed by atoms with E-state index in [2.05, 4.69) is 18.0 Å². The third-order valence-corrected chi connectivity index (χ3v) is 5.55. The number of aromatic nitrogens is 1. The van der Waals surface area contributed by atoms with Crippen LogP contribution in [0.3, 0.4) is 0 Å². The maximum Gasteiger partial charge on any atom is 0.0679 e. The van der Waals surface area contributed by atoms with Crippen LogP contribution in [0.15, 0.2) is 18.3 Å². The molecule has 0 aromatic carbocycles. The van der Waals surface area contributed by atoms with Gasteiger partial charge in [0, 0.05) is 17.8 Å². The zero-order valence-corrected chi connectivity index (χ0v) is 11.9. The lowest BCUT2D eigenvalue weighted by Crippen LogP contribution is -2.38. The Bertz CT molecular complexity index is 437. The first-order valence-corrected chi connectivity index (χ1v) is 7.89. The minimum atomic E-state index is -0.200. The van der Waals surface area contributed by atoms with Gasteiger partial charge in [0.25, 0.3) is 0 Å². The van der Waals surface area contributed by atoms with E-state index in [1.54, 1.807) is 0 Å². The molecule has 0 bridgehead atoms. The van der Waals surface area contributed by atoms with Crippen LogP contribution in [0.2, 0.25) is 0 Å². The van der Waals surface area contributed by atoms with Crippen molar-refractivity contribution in [2.45, 2.75) is 70.3 Å². The van der Waals surface area contributed by atoms with E-state index in [1.165, 1.54) is 43.4 Å². The molecule has 19 heavy (non-hydrogen) atoms. The van der Waals surface area contributed by atoms with Crippen molar-refractivity contribution in [2.75, 3.05) is 0 Å². The van der Waals surface area contributed by atoms with Crippen LogP contribution in [0.25, 0.3) is 0 Å². The highest BCUT2D eigenvalue weighted by Gasteiger charge is 2.44. The zero-order chi connectivity index (χ0) is 13.3. The van der Waals surface area contributed by atoms with Gasteiger partial charge in [-0.1, -0.05) is 25.8 Å². The fourth-order valence-corrected chi connectivity index (χ4v) is 4.32. The summed E-state index contributed by atoms with van der Waals surface area (Å²) in [5, 5.41) is 11.0. The highest BCUT2D eigenvalue weighted by molar-refractivity contribution is 5.27. The maximum absolute atomic E-state index is 11.0. The van der Waals surface area contributed by atoms with E-state index in [0.29, 0.717) is 0 Å². The molecule has 1 fully saturated rings. The Morgan fingerprint density at radius 1 is 1.37 bits per heavy atom. The standard InChI is InChI=1S/C17H25NO/c1-2-17(10-3-4-11-17)16(19)14-9-5-7-13-8-6-12-18-15(13)14/h6,8,12,14,16,19H,2-5,7,9-11H2,1H3. The summed E-state index contributed by atoms with van der Waals surface area (Å²) >= 11 is 0. The first-order valence-electron chi connectivity index (χ1n) is 7.89. The highest BCUT2D eigenvalue weighted by Crippen LogP contribution is 2.49. The van der Waals surface area contributed by atoms with Gasteiger partial charge in [-0.05, 0) is 55.6 Å². The van der Waals surface area contributed by atoms with E-state index >= 15 is 0 Å². The molecule has 1 heterocycles. The van der Waals surface area contributed by atoms with E-state index < -0.39 is 0 Å². The summed E-state index contributed by atoms with van der Waals surface area (Å²) in [5.74, 6) is 0.267. The second-order valence-corrected chi connectivity index (χ2v) is 6.41. The van der Waals surface area contributed by atoms with Crippen LogP contribution < -0.4 is 0 Å². The second-order valence-electron chi connectivity index (χ2n) is 6.41. The molecule has 1 aromatic heterocycles. The van der Waals surface area contributed by atoms with E-state index in [0.717, 1.165) is 19.3 Å². The molecule has 1 aromatic rings. The zero-order valence-electron chi connectivity index (χ0n) is 11.9. The summed E-state index contributed by atoms with van der Waals surface area (Å²) in [4.78, 5) is 4.60. The van der Waals surface area contributed by atoms with Crippen molar-refractivity contribution in [2.24, 2.45) is 5.41 Å². The molecule has 0 radical (unpaired) electrons. The van der Waals surface area contributed by atoms with Crippen molar-refractivity contribution in [3.63, 3.8) is 0 Å². The van der Waals surface area contributed by atoms with Crippen molar-refractivity contribution >= 4 is 0 Å². The summed E-state index contributed by atoms with van der Waals surface area (Å²) in [6.07, 6.45) is 11.2. The number of aliphatic hydroxyl groups excluding tert-OH is 1. The first kappa shape index (κ1) is 13.1. The molecule has 3 rings (SSSR count). The molecule has 2 aliphatic rings. The molecule has 0 saturated heterocycles. The summed E-state index contributed by atoms with van der Waals surface area (Å²) in [7, 11) is 0. The van der Waals surface area contributed by atoms with E-state index in [4.69, 9.17) is 0 Å². The van der Waals surface area contributed by atoms with Crippen molar-refractivity contribution in [1.29, 1.82) is 0 Å². The van der Waals surface area contributed by atoms with Crippen LogP contribution in [0.5, 0.6) is 0 Å². The Hall–Kier alpha value is -0.890. The lowest BCUT2D eigenvalue weighted by atomic mass is 9.69. The number of fused-ring (bicyclic) bond motifs is 1. The number of aryl methyl sites for hydroxylation is 1. The van der Waals surface area contributed by atoms with Gasteiger partial charge in [-0.25, -0.2) is 0 Å². The normalized spacial score (nSPS) is 26.9. The number of nitrogens with zero attached hydrogens (tertiary/aromatic N) is 1. The van der Waals surface area contributed by atoms with Crippen LogP contribution in [-0.2, 0) is 6.42 Å². The van der Waals surface area contributed by atoms with Crippen LogP contribution in [0.1, 0.15) is 69.0 Å². The van der Waals surface area contributed by atoms with Crippen LogP contribution >= 0.6 is 0 Å². The summed E-state index contributed by atoms with van der Waals surface area (Å²) in [6, 6.07) is 4.22. The molecular weight excluding hydrogens is 234 g/mol. The van der Waals surface area contributed by atoms with Crippen molar-refractivity contribution in [3.8, 4) is 0 Å². The fourth-order valence-electron chi connectivity index (χ4n) is 4.32. The van der Waals surface area contributed by atoms with E-state index in [1.807, 2.05) is 12.3 Å². The SMILES string of the molecule is CCC1(C(O)C2CCCc3cccnc32)CCCC1. The Kier molecular flexibility index (Phi) is 3.62. The van der Waals surface area contributed by atoms with Crippen LogP contribution in [-0.4, -0.2) is 16.2 Å². The van der Waals surface area contributed by atoms with Gasteiger partial charge >= 0.3 is 0 Å². The monoisotopic (exact) mass is 259 g/mol. The fraction of sp³-hybridized carbons (Fsp3) is 0.706. The smallest absolute Gasteiger partial charge is 0.0679 e. The van der Waals surface area contributed by atoms with Gasteiger partial charge in [0.2, 0.25) is 0 Å².